The fourth-order valence-corrected chi connectivity index (χ4v) is 1.82. The van der Waals surface area contributed by atoms with Crippen molar-refractivity contribution >= 4 is 5.91 Å². The third kappa shape index (κ3) is 4.81. The standard InChI is InChI=1S/C15H21FN2O2/c1-2-17-8-12-5-6-14(13(16)7-12)20-10-15(19)18-9-11-3-4-11/h5-7,11,17H,2-4,8-10H2,1H3,(H,18,19). The van der Waals surface area contributed by atoms with Gasteiger partial charge in [0.05, 0.1) is 0 Å². The molecular formula is C15H21FN2O2. The number of carbonyl (C=O) groups excluding carboxylic acids is 1. The van der Waals surface area contributed by atoms with Gasteiger partial charge in [0.25, 0.3) is 5.91 Å². The maximum atomic E-state index is 13.8. The summed E-state index contributed by atoms with van der Waals surface area (Å²) in [5, 5.41) is 5.90. The van der Waals surface area contributed by atoms with Gasteiger partial charge in [0.1, 0.15) is 0 Å². The monoisotopic (exact) mass is 280 g/mol. The van der Waals surface area contributed by atoms with E-state index in [4.69, 9.17) is 4.74 Å². The zero-order chi connectivity index (χ0) is 14.4. The fraction of sp³-hybridized carbons (Fsp3) is 0.533. The maximum absolute atomic E-state index is 13.8. The van der Waals surface area contributed by atoms with E-state index in [1.807, 2.05) is 6.92 Å². The van der Waals surface area contributed by atoms with Gasteiger partial charge in [-0.3, -0.25) is 4.79 Å². The summed E-state index contributed by atoms with van der Waals surface area (Å²) in [6, 6.07) is 4.79. The number of carbonyl (C=O) groups is 1. The van der Waals surface area contributed by atoms with Gasteiger partial charge >= 0.3 is 0 Å². The Balaban J connectivity index is 1.77. The number of amides is 1. The molecule has 1 aromatic carbocycles. The summed E-state index contributed by atoms with van der Waals surface area (Å²) in [4.78, 5) is 11.5. The molecule has 0 aliphatic heterocycles. The van der Waals surface area contributed by atoms with Crippen LogP contribution in [0.5, 0.6) is 5.75 Å². The van der Waals surface area contributed by atoms with Crippen LogP contribution in [0.25, 0.3) is 0 Å². The predicted molar refractivity (Wildman–Crippen MR) is 75.0 cm³/mol. The summed E-state index contributed by atoms with van der Waals surface area (Å²) in [7, 11) is 0. The van der Waals surface area contributed by atoms with Crippen molar-refractivity contribution in [1.29, 1.82) is 0 Å². The number of halogens is 1. The molecule has 1 aliphatic carbocycles. The normalized spacial score (nSPS) is 14.1. The highest BCUT2D eigenvalue weighted by Crippen LogP contribution is 2.27. The van der Waals surface area contributed by atoms with Crippen molar-refractivity contribution < 1.29 is 13.9 Å². The number of rotatable bonds is 8. The quantitative estimate of drug-likeness (QED) is 0.764. The van der Waals surface area contributed by atoms with Gasteiger partial charge in [0, 0.05) is 13.1 Å². The number of ether oxygens (including phenoxy) is 1. The van der Waals surface area contributed by atoms with E-state index in [-0.39, 0.29) is 18.3 Å². The molecule has 1 saturated carbocycles. The second-order valence-corrected chi connectivity index (χ2v) is 5.08. The van der Waals surface area contributed by atoms with E-state index in [0.717, 1.165) is 12.1 Å². The van der Waals surface area contributed by atoms with Crippen LogP contribution in [-0.2, 0) is 11.3 Å². The number of hydrogen-bond acceptors (Lipinski definition) is 3. The lowest BCUT2D eigenvalue weighted by atomic mass is 10.2. The number of hydrogen-bond donors (Lipinski definition) is 2. The lowest BCUT2D eigenvalue weighted by Gasteiger charge is -2.09. The van der Waals surface area contributed by atoms with Gasteiger partial charge < -0.3 is 15.4 Å². The molecule has 2 rings (SSSR count). The highest BCUT2D eigenvalue weighted by atomic mass is 19.1. The molecule has 110 valence electrons. The van der Waals surface area contributed by atoms with Crippen molar-refractivity contribution in [2.45, 2.75) is 26.3 Å². The maximum Gasteiger partial charge on any atom is 0.257 e. The highest BCUT2D eigenvalue weighted by molar-refractivity contribution is 5.77. The largest absolute Gasteiger partial charge is 0.481 e. The SMILES string of the molecule is CCNCc1ccc(OCC(=O)NCC2CC2)c(F)c1. The van der Waals surface area contributed by atoms with Gasteiger partial charge in [-0.25, -0.2) is 4.39 Å². The second-order valence-electron chi connectivity index (χ2n) is 5.08. The van der Waals surface area contributed by atoms with Crippen molar-refractivity contribution in [2.24, 2.45) is 5.92 Å². The van der Waals surface area contributed by atoms with Crippen molar-refractivity contribution in [1.82, 2.24) is 10.6 Å². The van der Waals surface area contributed by atoms with Crippen molar-refractivity contribution in [2.75, 3.05) is 19.7 Å². The number of benzene rings is 1. The zero-order valence-electron chi connectivity index (χ0n) is 11.7. The third-order valence-electron chi connectivity index (χ3n) is 3.22. The zero-order valence-corrected chi connectivity index (χ0v) is 11.7. The lowest BCUT2D eigenvalue weighted by Crippen LogP contribution is -2.30. The molecule has 0 spiro atoms. The summed E-state index contributed by atoms with van der Waals surface area (Å²) in [5.74, 6) is 0.108. The summed E-state index contributed by atoms with van der Waals surface area (Å²) in [5.41, 5.74) is 0.856. The van der Waals surface area contributed by atoms with Gasteiger partial charge in [-0.15, -0.1) is 0 Å². The molecule has 0 saturated heterocycles. The van der Waals surface area contributed by atoms with Gasteiger partial charge in [0.2, 0.25) is 0 Å². The molecule has 0 radical (unpaired) electrons. The summed E-state index contributed by atoms with van der Waals surface area (Å²) in [6.07, 6.45) is 2.37. The third-order valence-corrected chi connectivity index (χ3v) is 3.22. The van der Waals surface area contributed by atoms with Crippen LogP contribution in [-0.4, -0.2) is 25.6 Å². The minimum Gasteiger partial charge on any atom is -0.481 e. The van der Waals surface area contributed by atoms with E-state index in [0.29, 0.717) is 19.0 Å². The smallest absolute Gasteiger partial charge is 0.257 e. The van der Waals surface area contributed by atoms with E-state index >= 15 is 0 Å². The topological polar surface area (TPSA) is 50.4 Å². The summed E-state index contributed by atoms with van der Waals surface area (Å²) < 4.78 is 19.0. The fourth-order valence-electron chi connectivity index (χ4n) is 1.82. The molecular weight excluding hydrogens is 259 g/mol. The Morgan fingerprint density at radius 1 is 1.45 bits per heavy atom. The van der Waals surface area contributed by atoms with Gasteiger partial charge in [-0.2, -0.15) is 0 Å². The van der Waals surface area contributed by atoms with Crippen molar-refractivity contribution in [3.8, 4) is 5.75 Å². The van der Waals surface area contributed by atoms with Gasteiger partial charge in [0.15, 0.2) is 18.2 Å². The Bertz CT molecular complexity index is 461. The predicted octanol–water partition coefficient (Wildman–Crippen LogP) is 1.84. The Morgan fingerprint density at radius 3 is 2.90 bits per heavy atom. The first kappa shape index (κ1) is 14.8. The highest BCUT2D eigenvalue weighted by Gasteiger charge is 2.21. The van der Waals surface area contributed by atoms with E-state index in [9.17, 15) is 9.18 Å². The second kappa shape index (κ2) is 7.24. The van der Waals surface area contributed by atoms with E-state index in [2.05, 4.69) is 10.6 Å². The average Bonchev–Trinajstić information content (AvgIpc) is 3.26. The average molecular weight is 280 g/mol. The van der Waals surface area contributed by atoms with E-state index in [1.165, 1.54) is 18.9 Å². The van der Waals surface area contributed by atoms with Crippen LogP contribution in [0.15, 0.2) is 18.2 Å². The lowest BCUT2D eigenvalue weighted by molar-refractivity contribution is -0.123. The Morgan fingerprint density at radius 2 is 2.25 bits per heavy atom. The Hall–Kier alpha value is -1.62. The molecule has 4 nitrogen and oxygen atoms in total. The van der Waals surface area contributed by atoms with Crippen LogP contribution < -0.4 is 15.4 Å². The van der Waals surface area contributed by atoms with Crippen LogP contribution in [0.2, 0.25) is 0 Å². The minimum absolute atomic E-state index is 0.117. The molecule has 1 fully saturated rings. The first-order valence-corrected chi connectivity index (χ1v) is 7.07. The molecule has 2 N–H and O–H groups in total. The van der Waals surface area contributed by atoms with Crippen LogP contribution in [0.3, 0.4) is 0 Å². The van der Waals surface area contributed by atoms with E-state index in [1.54, 1.807) is 12.1 Å². The molecule has 0 aromatic heterocycles. The first-order valence-electron chi connectivity index (χ1n) is 7.07. The minimum atomic E-state index is -0.435. The molecule has 0 unspecified atom stereocenters. The van der Waals surface area contributed by atoms with Crippen LogP contribution >= 0.6 is 0 Å². The first-order chi connectivity index (χ1) is 9.69. The van der Waals surface area contributed by atoms with Crippen molar-refractivity contribution in [3.05, 3.63) is 29.6 Å². The molecule has 0 atom stereocenters. The van der Waals surface area contributed by atoms with Crippen LogP contribution in [0, 0.1) is 11.7 Å². The molecule has 20 heavy (non-hydrogen) atoms. The van der Waals surface area contributed by atoms with Crippen molar-refractivity contribution in [3.63, 3.8) is 0 Å². The molecule has 0 heterocycles. The summed E-state index contributed by atoms with van der Waals surface area (Å²) >= 11 is 0. The summed E-state index contributed by atoms with van der Waals surface area (Å²) in [6.45, 7) is 4.01. The number of nitrogens with one attached hydrogen (secondary N) is 2. The van der Waals surface area contributed by atoms with Gasteiger partial charge in [-0.1, -0.05) is 13.0 Å². The molecule has 1 aromatic rings. The molecule has 0 bridgehead atoms. The molecule has 1 aliphatic rings. The van der Waals surface area contributed by atoms with Gasteiger partial charge in [-0.05, 0) is 43.0 Å². The molecule has 1 amide bonds. The Labute approximate surface area is 118 Å². The Kier molecular flexibility index (Phi) is 5.35. The van der Waals surface area contributed by atoms with Crippen LogP contribution in [0.4, 0.5) is 4.39 Å². The van der Waals surface area contributed by atoms with Crippen LogP contribution in [0.1, 0.15) is 25.3 Å². The van der Waals surface area contributed by atoms with E-state index < -0.39 is 5.82 Å². The molecule has 5 heteroatoms.